The SMILES string of the molecule is COC(=O)C1C(C(=CCl)c2cccc(SC(F)(F)F)c2)C1(C)C. The average molecular weight is 365 g/mol. The monoisotopic (exact) mass is 364 g/mol. The maximum absolute atomic E-state index is 12.5. The Morgan fingerprint density at radius 3 is 2.52 bits per heavy atom. The molecule has 1 aromatic rings. The summed E-state index contributed by atoms with van der Waals surface area (Å²) in [6.07, 6.45) is 0. The van der Waals surface area contributed by atoms with Gasteiger partial charge in [-0.2, -0.15) is 13.2 Å². The fourth-order valence-corrected chi connectivity index (χ4v) is 3.83. The minimum absolute atomic E-state index is 0.0825. The number of halogens is 4. The predicted molar refractivity (Wildman–Crippen MR) is 85.0 cm³/mol. The molecule has 2 rings (SSSR count). The third-order valence-corrected chi connectivity index (χ3v) is 5.09. The standard InChI is InChI=1S/C16H16ClF3O2S/c1-15(2)12(13(15)14(21)22-3)11(8-17)9-5-4-6-10(7-9)23-16(18,19)20/h4-8,12-13H,1-3H3. The van der Waals surface area contributed by atoms with E-state index in [0.717, 1.165) is 0 Å². The number of hydrogen-bond donors (Lipinski definition) is 0. The number of alkyl halides is 3. The summed E-state index contributed by atoms with van der Waals surface area (Å²) in [6, 6.07) is 6.07. The highest BCUT2D eigenvalue weighted by molar-refractivity contribution is 8.00. The first kappa shape index (κ1) is 18.2. The lowest BCUT2D eigenvalue weighted by Gasteiger charge is -2.11. The van der Waals surface area contributed by atoms with Gasteiger partial charge in [-0.05, 0) is 40.4 Å². The van der Waals surface area contributed by atoms with Crippen molar-refractivity contribution in [2.75, 3.05) is 7.11 Å². The lowest BCUT2D eigenvalue weighted by molar-refractivity contribution is -0.143. The fourth-order valence-electron chi connectivity index (χ4n) is 2.97. The van der Waals surface area contributed by atoms with E-state index in [1.165, 1.54) is 24.8 Å². The molecule has 0 bridgehead atoms. The third-order valence-electron chi connectivity index (χ3n) is 4.14. The molecule has 0 spiro atoms. The highest BCUT2D eigenvalue weighted by Gasteiger charge is 2.64. The van der Waals surface area contributed by atoms with E-state index >= 15 is 0 Å². The zero-order chi connectivity index (χ0) is 17.4. The summed E-state index contributed by atoms with van der Waals surface area (Å²) in [5, 5.41) is 0. The van der Waals surface area contributed by atoms with Gasteiger partial charge in [-0.15, -0.1) is 0 Å². The third kappa shape index (κ3) is 3.86. The normalized spacial score (nSPS) is 23.5. The van der Waals surface area contributed by atoms with Crippen LogP contribution >= 0.6 is 23.4 Å². The van der Waals surface area contributed by atoms with Gasteiger partial charge in [0.1, 0.15) is 0 Å². The second kappa shape index (κ2) is 6.40. The predicted octanol–water partition coefficient (Wildman–Crippen LogP) is 5.32. The summed E-state index contributed by atoms with van der Waals surface area (Å²) >= 11 is 5.74. The van der Waals surface area contributed by atoms with E-state index in [0.29, 0.717) is 11.1 Å². The molecule has 0 aliphatic heterocycles. The summed E-state index contributed by atoms with van der Waals surface area (Å²) in [5.74, 6) is -0.869. The van der Waals surface area contributed by atoms with Gasteiger partial charge in [0.2, 0.25) is 0 Å². The molecule has 1 fully saturated rings. The average Bonchev–Trinajstić information content (AvgIpc) is 3.00. The molecule has 0 N–H and O–H groups in total. The highest BCUT2D eigenvalue weighted by Crippen LogP contribution is 2.64. The molecule has 126 valence electrons. The van der Waals surface area contributed by atoms with Crippen LogP contribution in [0.5, 0.6) is 0 Å². The molecule has 1 saturated carbocycles. The Bertz CT molecular complexity index is 640. The number of allylic oxidation sites excluding steroid dienone is 1. The second-order valence-corrected chi connectivity index (χ2v) is 7.30. The Morgan fingerprint density at radius 2 is 2.00 bits per heavy atom. The van der Waals surface area contributed by atoms with Crippen LogP contribution in [0, 0.1) is 17.3 Å². The lowest BCUT2D eigenvalue weighted by atomic mass is 9.98. The first-order valence-electron chi connectivity index (χ1n) is 6.86. The highest BCUT2D eigenvalue weighted by atomic mass is 35.5. The Morgan fingerprint density at radius 1 is 1.35 bits per heavy atom. The molecule has 0 radical (unpaired) electrons. The number of hydrogen-bond acceptors (Lipinski definition) is 3. The number of ether oxygens (including phenoxy) is 1. The van der Waals surface area contributed by atoms with Gasteiger partial charge in [0.25, 0.3) is 0 Å². The Labute approximate surface area is 142 Å². The minimum atomic E-state index is -4.35. The maximum atomic E-state index is 12.5. The van der Waals surface area contributed by atoms with Gasteiger partial charge in [0.15, 0.2) is 0 Å². The van der Waals surface area contributed by atoms with E-state index in [-0.39, 0.29) is 39.9 Å². The van der Waals surface area contributed by atoms with Crippen molar-refractivity contribution in [1.82, 2.24) is 0 Å². The molecule has 1 aliphatic rings. The Hall–Kier alpha value is -1.14. The quantitative estimate of drug-likeness (QED) is 0.534. The minimum Gasteiger partial charge on any atom is -0.469 e. The number of methoxy groups -OCH3 is 1. The smallest absolute Gasteiger partial charge is 0.446 e. The number of rotatable bonds is 4. The molecule has 1 aromatic carbocycles. The van der Waals surface area contributed by atoms with Crippen molar-refractivity contribution >= 4 is 34.9 Å². The number of benzene rings is 1. The van der Waals surface area contributed by atoms with Gasteiger partial charge in [-0.3, -0.25) is 4.79 Å². The van der Waals surface area contributed by atoms with Crippen LogP contribution in [-0.4, -0.2) is 18.6 Å². The van der Waals surface area contributed by atoms with Crippen LogP contribution in [0.3, 0.4) is 0 Å². The van der Waals surface area contributed by atoms with Crippen LogP contribution < -0.4 is 0 Å². The van der Waals surface area contributed by atoms with Crippen LogP contribution in [0.15, 0.2) is 34.7 Å². The molecule has 0 saturated heterocycles. The van der Waals surface area contributed by atoms with Gasteiger partial charge in [0, 0.05) is 16.3 Å². The zero-order valence-corrected chi connectivity index (χ0v) is 14.4. The van der Waals surface area contributed by atoms with E-state index in [9.17, 15) is 18.0 Å². The summed E-state index contributed by atoms with van der Waals surface area (Å²) in [5.41, 5.74) is -2.12. The van der Waals surface area contributed by atoms with Crippen molar-refractivity contribution in [3.8, 4) is 0 Å². The van der Waals surface area contributed by atoms with Gasteiger partial charge < -0.3 is 4.74 Å². The number of esters is 1. The number of thioether (sulfide) groups is 1. The maximum Gasteiger partial charge on any atom is 0.446 e. The van der Waals surface area contributed by atoms with Crippen LogP contribution in [0.25, 0.3) is 5.57 Å². The van der Waals surface area contributed by atoms with Crippen LogP contribution in [0.4, 0.5) is 13.2 Å². The van der Waals surface area contributed by atoms with Crippen LogP contribution in [0.2, 0.25) is 0 Å². The molecule has 23 heavy (non-hydrogen) atoms. The van der Waals surface area contributed by atoms with E-state index in [2.05, 4.69) is 0 Å². The lowest BCUT2D eigenvalue weighted by Crippen LogP contribution is -2.07. The zero-order valence-electron chi connectivity index (χ0n) is 12.8. The fraction of sp³-hybridized carbons (Fsp3) is 0.438. The molecule has 2 nitrogen and oxygen atoms in total. The summed E-state index contributed by atoms with van der Waals surface area (Å²) in [4.78, 5) is 11.9. The number of carbonyl (C=O) groups excluding carboxylic acids is 1. The van der Waals surface area contributed by atoms with Crippen molar-refractivity contribution in [3.63, 3.8) is 0 Å². The molecule has 2 unspecified atom stereocenters. The molecule has 7 heteroatoms. The van der Waals surface area contributed by atoms with Crippen LogP contribution in [0.1, 0.15) is 19.4 Å². The van der Waals surface area contributed by atoms with E-state index in [4.69, 9.17) is 16.3 Å². The summed E-state index contributed by atoms with van der Waals surface area (Å²) in [7, 11) is 1.32. The molecule has 0 heterocycles. The van der Waals surface area contributed by atoms with Gasteiger partial charge in [-0.1, -0.05) is 37.6 Å². The second-order valence-electron chi connectivity index (χ2n) is 5.94. The Balaban J connectivity index is 2.30. The number of carbonyl (C=O) groups is 1. The molecule has 0 aromatic heterocycles. The van der Waals surface area contributed by atoms with Gasteiger partial charge in [-0.25, -0.2) is 0 Å². The van der Waals surface area contributed by atoms with Crippen molar-refractivity contribution in [2.45, 2.75) is 24.3 Å². The molecular formula is C16H16ClF3O2S. The molecule has 0 amide bonds. The van der Waals surface area contributed by atoms with E-state index in [1.54, 1.807) is 12.1 Å². The first-order chi connectivity index (χ1) is 10.6. The Kier molecular flexibility index (Phi) is 5.06. The largest absolute Gasteiger partial charge is 0.469 e. The first-order valence-corrected chi connectivity index (χ1v) is 8.11. The molecular weight excluding hydrogens is 349 g/mol. The van der Waals surface area contributed by atoms with E-state index in [1.807, 2.05) is 13.8 Å². The summed E-state index contributed by atoms with van der Waals surface area (Å²) in [6.45, 7) is 3.82. The van der Waals surface area contributed by atoms with E-state index < -0.39 is 5.51 Å². The summed E-state index contributed by atoms with van der Waals surface area (Å²) < 4.78 is 42.4. The van der Waals surface area contributed by atoms with Crippen LogP contribution in [-0.2, 0) is 9.53 Å². The molecule has 2 atom stereocenters. The van der Waals surface area contributed by atoms with Crippen molar-refractivity contribution in [2.24, 2.45) is 17.3 Å². The van der Waals surface area contributed by atoms with Gasteiger partial charge in [0.05, 0.1) is 13.0 Å². The topological polar surface area (TPSA) is 26.3 Å². The van der Waals surface area contributed by atoms with Crippen molar-refractivity contribution in [1.29, 1.82) is 0 Å². The molecule has 1 aliphatic carbocycles. The van der Waals surface area contributed by atoms with Gasteiger partial charge >= 0.3 is 11.5 Å². The van der Waals surface area contributed by atoms with Crippen molar-refractivity contribution in [3.05, 3.63) is 35.4 Å². The van der Waals surface area contributed by atoms with Crippen molar-refractivity contribution < 1.29 is 22.7 Å².